The molecule has 1 aliphatic heterocycles. The highest BCUT2D eigenvalue weighted by atomic mass is 19.3. The molecule has 6 heteroatoms. The van der Waals surface area contributed by atoms with Crippen LogP contribution in [0.5, 0.6) is 0 Å². The lowest BCUT2D eigenvalue weighted by molar-refractivity contribution is -0.164. The van der Waals surface area contributed by atoms with E-state index in [9.17, 15) is 18.4 Å². The van der Waals surface area contributed by atoms with Gasteiger partial charge in [-0.15, -0.1) is 0 Å². The van der Waals surface area contributed by atoms with Crippen LogP contribution in [0.2, 0.25) is 0 Å². The maximum Gasteiger partial charge on any atom is 0.410 e. The first kappa shape index (κ1) is 14.9. The van der Waals surface area contributed by atoms with E-state index in [2.05, 4.69) is 0 Å². The molecule has 0 saturated carbocycles. The molecule has 0 aliphatic carbocycles. The fourth-order valence-corrected chi connectivity index (χ4v) is 1.68. The highest BCUT2D eigenvalue weighted by Crippen LogP contribution is 2.42. The maximum atomic E-state index is 13.8. The van der Waals surface area contributed by atoms with E-state index in [1.807, 2.05) is 0 Å². The van der Waals surface area contributed by atoms with Crippen molar-refractivity contribution >= 4 is 12.4 Å². The molecule has 1 aliphatic rings. The zero-order valence-corrected chi connectivity index (χ0v) is 11.1. The molecule has 1 fully saturated rings. The Labute approximate surface area is 105 Å². The molecule has 4 nitrogen and oxygen atoms in total. The first-order valence-corrected chi connectivity index (χ1v) is 5.83. The van der Waals surface area contributed by atoms with Crippen molar-refractivity contribution in [1.29, 1.82) is 0 Å². The number of alkyl halides is 2. The molecule has 18 heavy (non-hydrogen) atoms. The summed E-state index contributed by atoms with van der Waals surface area (Å²) in [6.07, 6.45) is -0.558. The Hall–Kier alpha value is -1.20. The first-order chi connectivity index (χ1) is 8.01. The van der Waals surface area contributed by atoms with Gasteiger partial charge in [-0.3, -0.25) is 0 Å². The number of rotatable bonds is 1. The summed E-state index contributed by atoms with van der Waals surface area (Å²) in [5, 5.41) is 0. The molecule has 0 spiro atoms. The molecule has 1 saturated heterocycles. The summed E-state index contributed by atoms with van der Waals surface area (Å²) in [6.45, 7) is 5.54. The third-order valence-electron chi connectivity index (χ3n) is 3.04. The predicted molar refractivity (Wildman–Crippen MR) is 61.5 cm³/mol. The van der Waals surface area contributed by atoms with Crippen LogP contribution in [-0.2, 0) is 9.53 Å². The van der Waals surface area contributed by atoms with Crippen LogP contribution in [-0.4, -0.2) is 41.9 Å². The Morgan fingerprint density at radius 2 is 1.94 bits per heavy atom. The number of aldehydes is 1. The van der Waals surface area contributed by atoms with Crippen LogP contribution < -0.4 is 0 Å². The zero-order chi connectivity index (χ0) is 14.2. The summed E-state index contributed by atoms with van der Waals surface area (Å²) in [5.74, 6) is -3.23. The second-order valence-electron chi connectivity index (χ2n) is 5.89. The van der Waals surface area contributed by atoms with E-state index >= 15 is 0 Å². The second-order valence-corrected chi connectivity index (χ2v) is 5.89. The summed E-state index contributed by atoms with van der Waals surface area (Å²) in [6, 6.07) is 0. The van der Waals surface area contributed by atoms with E-state index in [0.29, 0.717) is 0 Å². The monoisotopic (exact) mass is 263 g/mol. The second kappa shape index (κ2) is 4.48. The van der Waals surface area contributed by atoms with E-state index in [1.54, 1.807) is 20.8 Å². The summed E-state index contributed by atoms with van der Waals surface area (Å²) >= 11 is 0. The fraction of sp³-hybridized carbons (Fsp3) is 0.833. The van der Waals surface area contributed by atoms with Gasteiger partial charge >= 0.3 is 6.09 Å². The van der Waals surface area contributed by atoms with Crippen LogP contribution >= 0.6 is 0 Å². The minimum Gasteiger partial charge on any atom is -0.444 e. The standard InChI is InChI=1S/C12H19F2NO3/c1-10(2,3)18-9(17)15-6-5-11(4,8-16)12(13,14)7-15/h8H,5-7H2,1-4H3/t11-/m0/s1. The molecule has 0 bridgehead atoms. The van der Waals surface area contributed by atoms with Crippen molar-refractivity contribution in [3.63, 3.8) is 0 Å². The van der Waals surface area contributed by atoms with Gasteiger partial charge in [0, 0.05) is 6.54 Å². The number of carbonyl (C=O) groups excluding carboxylic acids is 2. The van der Waals surface area contributed by atoms with Gasteiger partial charge in [0.25, 0.3) is 5.92 Å². The number of carbonyl (C=O) groups is 2. The third-order valence-corrected chi connectivity index (χ3v) is 3.04. The van der Waals surface area contributed by atoms with Crippen molar-refractivity contribution in [2.24, 2.45) is 5.41 Å². The summed E-state index contributed by atoms with van der Waals surface area (Å²) in [7, 11) is 0. The highest BCUT2D eigenvalue weighted by Gasteiger charge is 2.55. The minimum atomic E-state index is -3.23. The minimum absolute atomic E-state index is 0.0667. The molecule has 1 amide bonds. The molecule has 104 valence electrons. The first-order valence-electron chi connectivity index (χ1n) is 5.83. The van der Waals surface area contributed by atoms with Gasteiger partial charge in [0.2, 0.25) is 0 Å². The Morgan fingerprint density at radius 3 is 2.33 bits per heavy atom. The van der Waals surface area contributed by atoms with E-state index in [0.717, 1.165) is 4.90 Å². The van der Waals surface area contributed by atoms with Crippen molar-refractivity contribution in [2.45, 2.75) is 45.6 Å². The lowest BCUT2D eigenvalue weighted by Crippen LogP contribution is -2.57. The largest absolute Gasteiger partial charge is 0.444 e. The van der Waals surface area contributed by atoms with Crippen LogP contribution in [0, 0.1) is 5.41 Å². The van der Waals surface area contributed by atoms with Gasteiger partial charge in [-0.25, -0.2) is 13.6 Å². The quantitative estimate of drug-likeness (QED) is 0.683. The number of ether oxygens (including phenoxy) is 1. The van der Waals surface area contributed by atoms with Gasteiger partial charge in [0.15, 0.2) is 0 Å². The number of hydrogen-bond donors (Lipinski definition) is 0. The van der Waals surface area contributed by atoms with Gasteiger partial charge in [-0.1, -0.05) is 0 Å². The predicted octanol–water partition coefficient (Wildman–Crippen LogP) is 2.47. The van der Waals surface area contributed by atoms with Crippen molar-refractivity contribution in [2.75, 3.05) is 13.1 Å². The lowest BCUT2D eigenvalue weighted by atomic mass is 9.78. The Bertz CT molecular complexity index is 352. The average Bonchev–Trinajstić information content (AvgIpc) is 2.19. The molecule has 0 unspecified atom stereocenters. The number of hydrogen-bond acceptors (Lipinski definition) is 3. The molecule has 0 aromatic carbocycles. The van der Waals surface area contributed by atoms with Crippen LogP contribution in [0.15, 0.2) is 0 Å². The molecule has 0 radical (unpaired) electrons. The van der Waals surface area contributed by atoms with Gasteiger partial charge in [0.05, 0.1) is 12.0 Å². The van der Waals surface area contributed by atoms with Crippen LogP contribution in [0.4, 0.5) is 13.6 Å². The smallest absolute Gasteiger partial charge is 0.410 e. The van der Waals surface area contributed by atoms with Gasteiger partial charge < -0.3 is 14.4 Å². The van der Waals surface area contributed by atoms with Gasteiger partial charge in [-0.05, 0) is 34.1 Å². The SMILES string of the molecule is CC(C)(C)OC(=O)N1CC[C@@](C)(C=O)C(F)(F)C1. The topological polar surface area (TPSA) is 46.6 Å². The van der Waals surface area contributed by atoms with Crippen LogP contribution in [0.3, 0.4) is 0 Å². The molecular formula is C12H19F2NO3. The Balaban J connectivity index is 2.76. The fourth-order valence-electron chi connectivity index (χ4n) is 1.68. The average molecular weight is 263 g/mol. The van der Waals surface area contributed by atoms with E-state index in [1.165, 1.54) is 6.92 Å². The van der Waals surface area contributed by atoms with E-state index in [4.69, 9.17) is 4.74 Å². The lowest BCUT2D eigenvalue weighted by Gasteiger charge is -2.42. The maximum absolute atomic E-state index is 13.8. The molecule has 0 aromatic heterocycles. The highest BCUT2D eigenvalue weighted by molar-refractivity contribution is 5.69. The molecule has 1 atom stereocenters. The summed E-state index contributed by atoms with van der Waals surface area (Å²) in [5.41, 5.74) is -2.43. The van der Waals surface area contributed by atoms with Crippen molar-refractivity contribution < 1.29 is 23.1 Å². The summed E-state index contributed by atoms with van der Waals surface area (Å²) < 4.78 is 32.7. The zero-order valence-electron chi connectivity index (χ0n) is 11.1. The van der Waals surface area contributed by atoms with Gasteiger partial charge in [-0.2, -0.15) is 0 Å². The summed E-state index contributed by atoms with van der Waals surface area (Å²) in [4.78, 5) is 23.4. The van der Waals surface area contributed by atoms with E-state index in [-0.39, 0.29) is 19.3 Å². The molecular weight excluding hydrogens is 244 g/mol. The third kappa shape index (κ3) is 2.97. The number of halogens is 2. The molecule has 1 heterocycles. The van der Waals surface area contributed by atoms with E-state index < -0.39 is 29.6 Å². The van der Waals surface area contributed by atoms with Crippen molar-refractivity contribution in [3.05, 3.63) is 0 Å². The molecule has 1 rings (SSSR count). The van der Waals surface area contributed by atoms with Gasteiger partial charge in [0.1, 0.15) is 11.9 Å². The number of amides is 1. The van der Waals surface area contributed by atoms with Crippen LogP contribution in [0.1, 0.15) is 34.1 Å². The van der Waals surface area contributed by atoms with Crippen LogP contribution in [0.25, 0.3) is 0 Å². The number of likely N-dealkylation sites (tertiary alicyclic amines) is 1. The number of piperidine rings is 1. The van der Waals surface area contributed by atoms with Crippen molar-refractivity contribution in [1.82, 2.24) is 4.90 Å². The Morgan fingerprint density at radius 1 is 1.39 bits per heavy atom. The normalized spacial score (nSPS) is 27.8. The molecule has 0 N–H and O–H groups in total. The molecule has 0 aromatic rings. The Kier molecular flexibility index (Phi) is 3.70. The number of nitrogens with zero attached hydrogens (tertiary/aromatic N) is 1. The van der Waals surface area contributed by atoms with Crippen molar-refractivity contribution in [3.8, 4) is 0 Å².